The molecule has 1 aromatic heterocycles. The smallest absolute Gasteiger partial charge is 0.319 e. The van der Waals surface area contributed by atoms with Gasteiger partial charge < -0.3 is 15.4 Å². The number of ether oxygens (including phenoxy) is 1. The van der Waals surface area contributed by atoms with E-state index in [-0.39, 0.29) is 24.0 Å². The maximum atomic E-state index is 13.1. The van der Waals surface area contributed by atoms with Crippen LogP contribution in [0.15, 0.2) is 30.3 Å². The van der Waals surface area contributed by atoms with Gasteiger partial charge >= 0.3 is 6.03 Å². The third-order valence-electron chi connectivity index (χ3n) is 6.81. The molecule has 1 atom stereocenters. The first-order valence-corrected chi connectivity index (χ1v) is 13.3. The van der Waals surface area contributed by atoms with E-state index in [0.29, 0.717) is 16.4 Å². The molecule has 1 saturated heterocycles. The zero-order chi connectivity index (χ0) is 28.1. The van der Waals surface area contributed by atoms with E-state index in [1.165, 1.54) is 29.5 Å². The van der Waals surface area contributed by atoms with Crippen LogP contribution in [0.2, 0.25) is 0 Å². The van der Waals surface area contributed by atoms with E-state index >= 15 is 0 Å². The molecule has 3 N–H and O–H groups in total. The number of methoxy groups -OCH3 is 1. The van der Waals surface area contributed by atoms with Crippen LogP contribution in [0.4, 0.5) is 10.5 Å². The Kier molecular flexibility index (Phi) is 6.59. The molecule has 2 aliphatic rings. The van der Waals surface area contributed by atoms with Gasteiger partial charge in [0.1, 0.15) is 22.3 Å². The summed E-state index contributed by atoms with van der Waals surface area (Å²) in [5.41, 5.74) is 1.52. The molecule has 12 heteroatoms. The SMILES string of the molecule is CCc1cc(OC)c2nc(C(C)(C)NC(=O)Nc3ccc4c(c3)C(=O)N(C3CCC(=O)NC3=O)C4=O)sc2c1. The quantitative estimate of drug-likeness (QED) is 0.400. The molecule has 6 amide bonds. The highest BCUT2D eigenvalue weighted by Gasteiger charge is 2.44. The Bertz CT molecular complexity index is 1560. The number of piperidine rings is 1. The molecule has 1 unspecified atom stereocenters. The van der Waals surface area contributed by atoms with Gasteiger partial charge in [-0.25, -0.2) is 9.78 Å². The zero-order valence-electron chi connectivity index (χ0n) is 21.8. The van der Waals surface area contributed by atoms with Crippen molar-refractivity contribution >= 4 is 56.9 Å². The molecule has 0 saturated carbocycles. The third kappa shape index (κ3) is 4.71. The average molecular weight is 550 g/mol. The van der Waals surface area contributed by atoms with Gasteiger partial charge in [0, 0.05) is 12.1 Å². The fourth-order valence-electron chi connectivity index (χ4n) is 4.73. The van der Waals surface area contributed by atoms with Crippen molar-refractivity contribution in [3.05, 3.63) is 52.0 Å². The molecular formula is C27H27N5O6S. The lowest BCUT2D eigenvalue weighted by molar-refractivity contribution is -0.136. The molecule has 3 aromatic rings. The van der Waals surface area contributed by atoms with E-state index in [1.807, 2.05) is 19.9 Å². The number of fused-ring (bicyclic) bond motifs is 2. The van der Waals surface area contributed by atoms with Crippen LogP contribution in [0.25, 0.3) is 10.2 Å². The number of thiazole rings is 1. The minimum Gasteiger partial charge on any atom is -0.494 e. The molecule has 39 heavy (non-hydrogen) atoms. The Labute approximate surface area is 227 Å². The number of carbonyl (C=O) groups is 5. The van der Waals surface area contributed by atoms with E-state index in [1.54, 1.807) is 7.11 Å². The molecule has 3 heterocycles. The number of hydrogen-bond donors (Lipinski definition) is 3. The summed E-state index contributed by atoms with van der Waals surface area (Å²) in [6.45, 7) is 5.73. The van der Waals surface area contributed by atoms with Gasteiger partial charge in [-0.2, -0.15) is 0 Å². The number of amides is 6. The summed E-state index contributed by atoms with van der Waals surface area (Å²) in [5, 5.41) is 8.48. The normalized spacial score (nSPS) is 17.3. The van der Waals surface area contributed by atoms with Crippen LogP contribution >= 0.6 is 11.3 Å². The minimum atomic E-state index is -1.06. The van der Waals surface area contributed by atoms with E-state index in [9.17, 15) is 24.0 Å². The number of aromatic nitrogens is 1. The first kappa shape index (κ1) is 26.3. The molecule has 1 fully saturated rings. The van der Waals surface area contributed by atoms with Crippen molar-refractivity contribution < 1.29 is 28.7 Å². The maximum absolute atomic E-state index is 13.1. The van der Waals surface area contributed by atoms with Crippen molar-refractivity contribution in [1.29, 1.82) is 0 Å². The first-order chi connectivity index (χ1) is 18.5. The Morgan fingerprint density at radius 2 is 1.90 bits per heavy atom. The summed E-state index contributed by atoms with van der Waals surface area (Å²) in [5.74, 6) is -1.71. The Morgan fingerprint density at radius 3 is 2.59 bits per heavy atom. The molecule has 202 valence electrons. The number of aryl methyl sites for hydroxylation is 1. The lowest BCUT2D eigenvalue weighted by atomic mass is 10.0. The Morgan fingerprint density at radius 1 is 1.15 bits per heavy atom. The van der Waals surface area contributed by atoms with Crippen molar-refractivity contribution in [1.82, 2.24) is 20.5 Å². The highest BCUT2D eigenvalue weighted by molar-refractivity contribution is 7.18. The number of imide groups is 2. The fraction of sp³-hybridized carbons (Fsp3) is 0.333. The molecule has 0 radical (unpaired) electrons. The van der Waals surface area contributed by atoms with Gasteiger partial charge in [0.2, 0.25) is 11.8 Å². The number of rotatable bonds is 6. The largest absolute Gasteiger partial charge is 0.494 e. The summed E-state index contributed by atoms with van der Waals surface area (Å²) in [6.07, 6.45) is 0.952. The number of hydrogen-bond acceptors (Lipinski definition) is 8. The number of benzene rings is 2. The van der Waals surface area contributed by atoms with Gasteiger partial charge in [-0.1, -0.05) is 6.92 Å². The summed E-state index contributed by atoms with van der Waals surface area (Å²) in [6, 6.07) is 6.79. The Hall–Kier alpha value is -4.32. The van der Waals surface area contributed by atoms with Crippen molar-refractivity contribution in [3.8, 4) is 5.75 Å². The molecule has 0 bridgehead atoms. The Balaban J connectivity index is 1.32. The van der Waals surface area contributed by atoms with Gasteiger partial charge in [0.15, 0.2) is 0 Å². The standard InChI is InChI=1S/C27H27N5O6S/c1-5-13-10-18(38-4)21-19(11-13)39-25(30-21)27(2,3)31-26(37)28-14-6-7-15-16(12-14)24(36)32(23(15)35)17-8-9-20(33)29-22(17)34/h6-7,10-12,17H,5,8-9H2,1-4H3,(H2,28,31,37)(H,29,33,34). The second-order valence-electron chi connectivity index (χ2n) is 9.93. The topological polar surface area (TPSA) is 147 Å². The molecule has 0 aliphatic carbocycles. The summed E-state index contributed by atoms with van der Waals surface area (Å²) in [4.78, 5) is 68.3. The van der Waals surface area contributed by atoms with Crippen LogP contribution in [-0.4, -0.2) is 52.7 Å². The number of anilines is 1. The summed E-state index contributed by atoms with van der Waals surface area (Å²) in [7, 11) is 1.60. The van der Waals surface area contributed by atoms with Crippen LogP contribution in [0.1, 0.15) is 64.9 Å². The van der Waals surface area contributed by atoms with E-state index in [2.05, 4.69) is 28.9 Å². The van der Waals surface area contributed by atoms with Gasteiger partial charge in [0.05, 0.1) is 28.5 Å². The lowest BCUT2D eigenvalue weighted by Gasteiger charge is -2.27. The van der Waals surface area contributed by atoms with Crippen molar-refractivity contribution in [2.45, 2.75) is 51.6 Å². The maximum Gasteiger partial charge on any atom is 0.319 e. The average Bonchev–Trinajstić information content (AvgIpc) is 3.43. The van der Waals surface area contributed by atoms with Crippen LogP contribution in [0.3, 0.4) is 0 Å². The first-order valence-electron chi connectivity index (χ1n) is 12.4. The molecule has 2 aliphatic heterocycles. The van der Waals surface area contributed by atoms with E-state index < -0.39 is 41.2 Å². The van der Waals surface area contributed by atoms with E-state index in [4.69, 9.17) is 9.72 Å². The number of carbonyl (C=O) groups excluding carboxylic acids is 5. The van der Waals surface area contributed by atoms with Gasteiger partial charge in [0.25, 0.3) is 11.8 Å². The summed E-state index contributed by atoms with van der Waals surface area (Å²) >= 11 is 1.47. The highest BCUT2D eigenvalue weighted by atomic mass is 32.1. The third-order valence-corrected chi connectivity index (χ3v) is 8.13. The van der Waals surface area contributed by atoms with Crippen molar-refractivity contribution in [2.24, 2.45) is 0 Å². The predicted molar refractivity (Wildman–Crippen MR) is 144 cm³/mol. The number of urea groups is 1. The second-order valence-corrected chi connectivity index (χ2v) is 11.0. The van der Waals surface area contributed by atoms with Crippen LogP contribution < -0.4 is 20.7 Å². The zero-order valence-corrected chi connectivity index (χ0v) is 22.7. The van der Waals surface area contributed by atoms with Gasteiger partial charge in [-0.3, -0.25) is 29.4 Å². The lowest BCUT2D eigenvalue weighted by Crippen LogP contribution is -2.54. The second kappa shape index (κ2) is 9.77. The molecule has 5 rings (SSSR count). The monoisotopic (exact) mass is 549 g/mol. The highest BCUT2D eigenvalue weighted by Crippen LogP contribution is 2.36. The van der Waals surface area contributed by atoms with Crippen molar-refractivity contribution in [2.75, 3.05) is 12.4 Å². The molecule has 11 nitrogen and oxygen atoms in total. The fourth-order valence-corrected chi connectivity index (χ4v) is 5.83. The van der Waals surface area contributed by atoms with Crippen LogP contribution in [0.5, 0.6) is 5.75 Å². The number of nitrogens with one attached hydrogen (secondary N) is 3. The van der Waals surface area contributed by atoms with Crippen LogP contribution in [-0.2, 0) is 21.5 Å². The molecular weight excluding hydrogens is 522 g/mol. The molecule has 0 spiro atoms. The van der Waals surface area contributed by atoms with Gasteiger partial charge in [-0.05, 0) is 62.6 Å². The van der Waals surface area contributed by atoms with E-state index in [0.717, 1.165) is 27.1 Å². The van der Waals surface area contributed by atoms with Crippen molar-refractivity contribution in [3.63, 3.8) is 0 Å². The molecule has 2 aromatic carbocycles. The van der Waals surface area contributed by atoms with Crippen LogP contribution in [0, 0.1) is 0 Å². The number of nitrogens with zero attached hydrogens (tertiary/aromatic N) is 2. The van der Waals surface area contributed by atoms with Gasteiger partial charge in [-0.15, -0.1) is 11.3 Å². The minimum absolute atomic E-state index is 0.0355. The summed E-state index contributed by atoms with van der Waals surface area (Å²) < 4.78 is 6.48. The predicted octanol–water partition coefficient (Wildman–Crippen LogP) is 3.33.